The fourth-order valence-electron chi connectivity index (χ4n) is 2.65. The van der Waals surface area contributed by atoms with Gasteiger partial charge in [0, 0.05) is 18.5 Å². The number of rotatable bonds is 2. The fourth-order valence-corrected chi connectivity index (χ4v) is 3.67. The highest BCUT2D eigenvalue weighted by molar-refractivity contribution is 7.21. The average molecular weight is 276 g/mol. The summed E-state index contributed by atoms with van der Waals surface area (Å²) in [4.78, 5) is 15.7. The van der Waals surface area contributed by atoms with Gasteiger partial charge in [0.25, 0.3) is 5.91 Å². The zero-order valence-corrected chi connectivity index (χ0v) is 11.6. The van der Waals surface area contributed by atoms with Crippen LogP contribution in [0.3, 0.4) is 0 Å². The number of carbonyl (C=O) groups is 1. The van der Waals surface area contributed by atoms with Crippen LogP contribution in [0.15, 0.2) is 12.3 Å². The van der Waals surface area contributed by atoms with Crippen molar-refractivity contribution in [1.82, 2.24) is 15.1 Å². The van der Waals surface area contributed by atoms with E-state index in [1.807, 2.05) is 11.9 Å². The quantitative estimate of drug-likeness (QED) is 0.913. The summed E-state index contributed by atoms with van der Waals surface area (Å²) in [6, 6.07) is 2.16. The van der Waals surface area contributed by atoms with Crippen molar-refractivity contribution in [3.05, 3.63) is 17.1 Å². The molecule has 0 radical (unpaired) electrons. The summed E-state index contributed by atoms with van der Waals surface area (Å²) in [7, 11) is 1.87. The molecule has 1 aliphatic carbocycles. The summed E-state index contributed by atoms with van der Waals surface area (Å²) in [5.41, 5.74) is 6.60. The van der Waals surface area contributed by atoms with E-state index < -0.39 is 0 Å². The highest BCUT2D eigenvalue weighted by Gasteiger charge is 2.27. The molecular weight excluding hydrogens is 260 g/mol. The standard InChI is InChI=1S/C13H16N4OS/c1-17(8-4-2-3-5-8)13(18)11-10(14)9-6-7-15-16-12(9)19-11/h6-8H,2-5,14H2,1H3. The number of fused-ring (bicyclic) bond motifs is 1. The largest absolute Gasteiger partial charge is 0.397 e. The van der Waals surface area contributed by atoms with Crippen molar-refractivity contribution >= 4 is 33.1 Å². The topological polar surface area (TPSA) is 72.1 Å². The number of hydrogen-bond acceptors (Lipinski definition) is 5. The van der Waals surface area contributed by atoms with Gasteiger partial charge in [-0.15, -0.1) is 16.4 Å². The molecule has 2 aromatic heterocycles. The summed E-state index contributed by atoms with van der Waals surface area (Å²) in [6.07, 6.45) is 6.19. The number of carbonyl (C=O) groups excluding carboxylic acids is 1. The first kappa shape index (κ1) is 12.3. The third-order valence-electron chi connectivity index (χ3n) is 3.81. The fraction of sp³-hybridized carbons (Fsp3) is 0.462. The Balaban J connectivity index is 1.94. The molecule has 2 N–H and O–H groups in total. The molecule has 1 aliphatic rings. The molecule has 0 aliphatic heterocycles. The van der Waals surface area contributed by atoms with E-state index in [0.717, 1.165) is 23.1 Å². The van der Waals surface area contributed by atoms with Crippen molar-refractivity contribution in [2.75, 3.05) is 12.8 Å². The van der Waals surface area contributed by atoms with Gasteiger partial charge < -0.3 is 10.6 Å². The Labute approximate surface area is 115 Å². The van der Waals surface area contributed by atoms with Crippen molar-refractivity contribution in [1.29, 1.82) is 0 Å². The predicted molar refractivity (Wildman–Crippen MR) is 76.2 cm³/mol. The number of nitrogen functional groups attached to an aromatic ring is 1. The van der Waals surface area contributed by atoms with E-state index in [4.69, 9.17) is 5.73 Å². The minimum atomic E-state index is 0.00685. The lowest BCUT2D eigenvalue weighted by Gasteiger charge is -2.23. The Kier molecular flexibility index (Phi) is 3.10. The summed E-state index contributed by atoms with van der Waals surface area (Å²) in [5.74, 6) is 0.00685. The van der Waals surface area contributed by atoms with Crippen LogP contribution < -0.4 is 5.73 Å². The van der Waals surface area contributed by atoms with Gasteiger partial charge in [-0.05, 0) is 18.9 Å². The van der Waals surface area contributed by atoms with Crippen LogP contribution >= 0.6 is 11.3 Å². The molecule has 5 nitrogen and oxygen atoms in total. The molecule has 2 heterocycles. The van der Waals surface area contributed by atoms with Crippen LogP contribution in [0.5, 0.6) is 0 Å². The van der Waals surface area contributed by atoms with Crippen molar-refractivity contribution < 1.29 is 4.79 Å². The Morgan fingerprint density at radius 3 is 2.89 bits per heavy atom. The molecule has 0 saturated heterocycles. The molecule has 100 valence electrons. The summed E-state index contributed by atoms with van der Waals surface area (Å²) < 4.78 is 0. The number of hydrogen-bond donors (Lipinski definition) is 1. The average Bonchev–Trinajstić information content (AvgIpc) is 3.06. The lowest BCUT2D eigenvalue weighted by molar-refractivity contribution is 0.0741. The van der Waals surface area contributed by atoms with Crippen LogP contribution in [-0.2, 0) is 0 Å². The van der Waals surface area contributed by atoms with Crippen molar-refractivity contribution in [2.45, 2.75) is 31.7 Å². The van der Waals surface area contributed by atoms with Gasteiger partial charge in [0.1, 0.15) is 9.71 Å². The number of thiophene rings is 1. The molecular formula is C13H16N4OS. The van der Waals surface area contributed by atoms with Gasteiger partial charge in [-0.2, -0.15) is 5.10 Å². The highest BCUT2D eigenvalue weighted by Crippen LogP contribution is 2.33. The minimum Gasteiger partial charge on any atom is -0.397 e. The first-order valence-electron chi connectivity index (χ1n) is 6.45. The lowest BCUT2D eigenvalue weighted by atomic mass is 10.2. The molecule has 0 aromatic carbocycles. The molecule has 1 saturated carbocycles. The molecule has 19 heavy (non-hydrogen) atoms. The van der Waals surface area contributed by atoms with Crippen LogP contribution in [0, 0.1) is 0 Å². The predicted octanol–water partition coefficient (Wildman–Crippen LogP) is 2.29. The molecule has 0 spiro atoms. The lowest BCUT2D eigenvalue weighted by Crippen LogP contribution is -2.35. The Bertz CT molecular complexity index is 618. The van der Waals surface area contributed by atoms with E-state index in [2.05, 4.69) is 10.2 Å². The Morgan fingerprint density at radius 2 is 2.21 bits per heavy atom. The van der Waals surface area contributed by atoms with Gasteiger partial charge in [-0.3, -0.25) is 4.79 Å². The number of nitrogens with zero attached hydrogens (tertiary/aromatic N) is 3. The van der Waals surface area contributed by atoms with Crippen molar-refractivity contribution in [2.24, 2.45) is 0 Å². The monoisotopic (exact) mass is 276 g/mol. The van der Waals surface area contributed by atoms with Crippen molar-refractivity contribution in [3.63, 3.8) is 0 Å². The highest BCUT2D eigenvalue weighted by atomic mass is 32.1. The van der Waals surface area contributed by atoms with E-state index in [9.17, 15) is 4.79 Å². The van der Waals surface area contributed by atoms with Gasteiger partial charge in [-0.25, -0.2) is 0 Å². The third-order valence-corrected chi connectivity index (χ3v) is 4.90. The zero-order chi connectivity index (χ0) is 13.4. The van der Waals surface area contributed by atoms with E-state index in [0.29, 0.717) is 16.6 Å². The van der Waals surface area contributed by atoms with Gasteiger partial charge in [-0.1, -0.05) is 12.8 Å². The molecule has 3 rings (SSSR count). The molecule has 0 atom stereocenters. The smallest absolute Gasteiger partial charge is 0.266 e. The van der Waals surface area contributed by atoms with Gasteiger partial charge in [0.05, 0.1) is 11.9 Å². The van der Waals surface area contributed by atoms with Gasteiger partial charge in [0.2, 0.25) is 0 Å². The van der Waals surface area contributed by atoms with Crippen LogP contribution in [-0.4, -0.2) is 34.1 Å². The number of aromatic nitrogens is 2. The van der Waals surface area contributed by atoms with E-state index in [-0.39, 0.29) is 5.91 Å². The van der Waals surface area contributed by atoms with E-state index in [1.54, 1.807) is 12.3 Å². The zero-order valence-electron chi connectivity index (χ0n) is 10.8. The molecule has 6 heteroatoms. The summed E-state index contributed by atoms with van der Waals surface area (Å²) >= 11 is 1.33. The maximum atomic E-state index is 12.5. The van der Waals surface area contributed by atoms with Crippen LogP contribution in [0.4, 0.5) is 5.69 Å². The van der Waals surface area contributed by atoms with Crippen LogP contribution in [0.25, 0.3) is 10.2 Å². The van der Waals surface area contributed by atoms with Crippen LogP contribution in [0.2, 0.25) is 0 Å². The van der Waals surface area contributed by atoms with Crippen LogP contribution in [0.1, 0.15) is 35.4 Å². The second-order valence-electron chi connectivity index (χ2n) is 4.95. The first-order valence-corrected chi connectivity index (χ1v) is 7.27. The van der Waals surface area contributed by atoms with Crippen molar-refractivity contribution in [3.8, 4) is 0 Å². The number of amides is 1. The molecule has 2 aromatic rings. The SMILES string of the molecule is CN(C(=O)c1sc2nnccc2c1N)C1CCCC1. The molecule has 0 bridgehead atoms. The van der Waals surface area contributed by atoms with Gasteiger partial charge in [0.15, 0.2) is 0 Å². The maximum Gasteiger partial charge on any atom is 0.266 e. The normalized spacial score (nSPS) is 16.1. The third kappa shape index (κ3) is 2.06. The Morgan fingerprint density at radius 1 is 1.47 bits per heavy atom. The maximum absolute atomic E-state index is 12.5. The first-order chi connectivity index (χ1) is 9.18. The Hall–Kier alpha value is -1.69. The summed E-state index contributed by atoms with van der Waals surface area (Å²) in [6.45, 7) is 0. The molecule has 1 fully saturated rings. The van der Waals surface area contributed by atoms with E-state index >= 15 is 0 Å². The minimum absolute atomic E-state index is 0.00685. The second-order valence-corrected chi connectivity index (χ2v) is 5.95. The molecule has 0 unspecified atom stereocenters. The second kappa shape index (κ2) is 4.77. The van der Waals surface area contributed by atoms with E-state index in [1.165, 1.54) is 24.2 Å². The number of nitrogens with two attached hydrogens (primary N) is 1. The van der Waals surface area contributed by atoms with Gasteiger partial charge >= 0.3 is 0 Å². The molecule has 1 amide bonds. The summed E-state index contributed by atoms with van der Waals surface area (Å²) in [5, 5.41) is 8.67. The number of anilines is 1.